The second-order valence-corrected chi connectivity index (χ2v) is 10.5. The predicted molar refractivity (Wildman–Crippen MR) is 123 cm³/mol. The fourth-order valence-corrected chi connectivity index (χ4v) is 5.79. The molecule has 6 rings (SSSR count). The first-order valence-corrected chi connectivity index (χ1v) is 11.9. The topological polar surface area (TPSA) is 57.7 Å². The fraction of sp³-hybridized carbons (Fsp3) is 0.583. The number of piperazine rings is 1. The van der Waals surface area contributed by atoms with Crippen molar-refractivity contribution < 1.29 is 13.9 Å². The predicted octanol–water partition coefficient (Wildman–Crippen LogP) is 3.88. The van der Waals surface area contributed by atoms with Gasteiger partial charge < -0.3 is 15.0 Å². The van der Waals surface area contributed by atoms with Crippen LogP contribution in [0, 0.1) is 11.3 Å². The van der Waals surface area contributed by atoms with Crippen LogP contribution in [-0.4, -0.2) is 66.9 Å². The molecule has 4 fully saturated rings. The monoisotopic (exact) mass is 458 g/mol. The van der Waals surface area contributed by atoms with Crippen LogP contribution in [-0.2, 0) is 9.53 Å². The molecule has 0 radical (unpaired) electrons. The minimum atomic E-state index is -0.954. The summed E-state index contributed by atoms with van der Waals surface area (Å²) in [6, 6.07) is 5.93. The number of hydrogen-bond donors (Lipinski definition) is 1. The third kappa shape index (κ3) is 3.37. The number of ether oxygens (including phenoxy) is 1. The Bertz CT molecular complexity index is 1090. The minimum absolute atomic E-state index is 0.0928. The van der Waals surface area contributed by atoms with Gasteiger partial charge in [-0.2, -0.15) is 0 Å². The van der Waals surface area contributed by atoms with Gasteiger partial charge >= 0.3 is 0 Å². The number of alkyl halides is 1. The molecule has 8 heteroatoms. The van der Waals surface area contributed by atoms with Crippen LogP contribution in [0.1, 0.15) is 26.2 Å². The Kier molecular flexibility index (Phi) is 4.69. The van der Waals surface area contributed by atoms with Gasteiger partial charge in [-0.3, -0.25) is 9.69 Å². The molecule has 1 spiro atoms. The number of anilines is 2. The summed E-state index contributed by atoms with van der Waals surface area (Å²) in [4.78, 5) is 21.4. The van der Waals surface area contributed by atoms with Crippen LogP contribution in [0.15, 0.2) is 24.4 Å². The average molecular weight is 459 g/mol. The molecule has 32 heavy (non-hydrogen) atoms. The van der Waals surface area contributed by atoms with Crippen molar-refractivity contribution >= 4 is 39.8 Å². The summed E-state index contributed by atoms with van der Waals surface area (Å²) in [6.45, 7) is 5.64. The number of carbonyl (C=O) groups excluding carboxylic acids is 1. The Balaban J connectivity index is 1.18. The van der Waals surface area contributed by atoms with E-state index < -0.39 is 11.7 Å². The van der Waals surface area contributed by atoms with Crippen molar-refractivity contribution in [2.75, 3.05) is 49.6 Å². The van der Waals surface area contributed by atoms with Gasteiger partial charge in [0.1, 0.15) is 12.0 Å². The third-order valence-electron chi connectivity index (χ3n) is 8.11. The number of fused-ring (bicyclic) bond motifs is 1. The summed E-state index contributed by atoms with van der Waals surface area (Å²) >= 11 is 6.63. The van der Waals surface area contributed by atoms with E-state index in [1.807, 2.05) is 19.1 Å². The molecule has 6 nitrogen and oxygen atoms in total. The molecular weight excluding hydrogens is 431 g/mol. The molecule has 0 bridgehead atoms. The lowest BCUT2D eigenvalue weighted by Gasteiger charge is -2.44. The van der Waals surface area contributed by atoms with Gasteiger partial charge in [0, 0.05) is 43.7 Å². The van der Waals surface area contributed by atoms with Gasteiger partial charge in [0.25, 0.3) is 0 Å². The number of benzene rings is 1. The second kappa shape index (κ2) is 7.27. The molecular formula is C24H28ClFN4O2. The van der Waals surface area contributed by atoms with E-state index in [9.17, 15) is 9.18 Å². The van der Waals surface area contributed by atoms with Crippen LogP contribution < -0.4 is 10.2 Å². The molecule has 1 aromatic carbocycles. The van der Waals surface area contributed by atoms with Crippen molar-refractivity contribution in [1.82, 2.24) is 9.88 Å². The van der Waals surface area contributed by atoms with E-state index in [1.165, 1.54) is 12.8 Å². The van der Waals surface area contributed by atoms with Gasteiger partial charge in [-0.1, -0.05) is 11.6 Å². The first kappa shape index (κ1) is 20.6. The maximum absolute atomic E-state index is 14.4. The molecule has 2 saturated carbocycles. The highest BCUT2D eigenvalue weighted by Gasteiger charge is 2.65. The van der Waals surface area contributed by atoms with Crippen molar-refractivity contribution in [1.29, 1.82) is 0 Å². The maximum Gasteiger partial charge on any atom is 0.229 e. The van der Waals surface area contributed by atoms with Crippen molar-refractivity contribution in [2.24, 2.45) is 11.3 Å². The molecule has 3 heterocycles. The number of nitrogens with one attached hydrogen (secondary N) is 1. The van der Waals surface area contributed by atoms with E-state index in [0.717, 1.165) is 49.1 Å². The van der Waals surface area contributed by atoms with Crippen molar-refractivity contribution in [3.63, 3.8) is 0 Å². The van der Waals surface area contributed by atoms with E-state index >= 15 is 0 Å². The molecule has 1 N–H and O–H groups in total. The zero-order chi connectivity index (χ0) is 22.1. The van der Waals surface area contributed by atoms with Gasteiger partial charge in [0.15, 0.2) is 0 Å². The van der Waals surface area contributed by atoms with E-state index in [0.29, 0.717) is 22.9 Å². The second-order valence-electron chi connectivity index (χ2n) is 10.1. The van der Waals surface area contributed by atoms with Gasteiger partial charge in [0.2, 0.25) is 5.91 Å². The molecule has 1 aromatic heterocycles. The SMILES string of the molecule is C[C@]1(N2CCN(c3cc4cc(NC(=O)[C@@H]5CC56CC6)ncc4cc3Cl)CC2)COC[C@H]1F. The molecule has 4 aliphatic rings. The number of hydrogen-bond acceptors (Lipinski definition) is 5. The summed E-state index contributed by atoms with van der Waals surface area (Å²) in [5, 5.41) is 5.61. The lowest BCUT2D eigenvalue weighted by Crippen LogP contribution is -2.59. The normalized spacial score (nSPS) is 31.3. The molecule has 2 aliphatic carbocycles. The summed E-state index contributed by atoms with van der Waals surface area (Å²) in [6.07, 6.45) is 4.20. The largest absolute Gasteiger partial charge is 0.376 e. The third-order valence-corrected chi connectivity index (χ3v) is 8.42. The highest BCUT2D eigenvalue weighted by molar-refractivity contribution is 6.34. The average Bonchev–Trinajstić information content (AvgIpc) is 3.70. The van der Waals surface area contributed by atoms with Crippen molar-refractivity contribution in [3.05, 3.63) is 29.4 Å². The van der Waals surface area contributed by atoms with Crippen LogP contribution >= 0.6 is 11.6 Å². The first-order chi connectivity index (χ1) is 15.4. The number of carbonyl (C=O) groups is 1. The van der Waals surface area contributed by atoms with Crippen LogP contribution in [0.5, 0.6) is 0 Å². The first-order valence-electron chi connectivity index (χ1n) is 11.5. The summed E-state index contributed by atoms with van der Waals surface area (Å²) in [5.41, 5.74) is 0.748. The lowest BCUT2D eigenvalue weighted by molar-refractivity contribution is -0.117. The highest BCUT2D eigenvalue weighted by Crippen LogP contribution is 2.70. The Labute approximate surface area is 192 Å². The number of nitrogens with zero attached hydrogens (tertiary/aromatic N) is 3. The van der Waals surface area contributed by atoms with Crippen molar-refractivity contribution in [3.8, 4) is 0 Å². The van der Waals surface area contributed by atoms with Gasteiger partial charge in [-0.15, -0.1) is 0 Å². The van der Waals surface area contributed by atoms with E-state index in [4.69, 9.17) is 16.3 Å². The van der Waals surface area contributed by atoms with E-state index in [2.05, 4.69) is 26.2 Å². The van der Waals surface area contributed by atoms with E-state index in [-0.39, 0.29) is 18.4 Å². The molecule has 0 unspecified atom stereocenters. The minimum Gasteiger partial charge on any atom is -0.376 e. The quantitative estimate of drug-likeness (QED) is 0.753. The molecule has 2 aliphatic heterocycles. The molecule has 170 valence electrons. The Morgan fingerprint density at radius 2 is 2.00 bits per heavy atom. The van der Waals surface area contributed by atoms with Crippen LogP contribution in [0.3, 0.4) is 0 Å². The summed E-state index contributed by atoms with van der Waals surface area (Å²) in [7, 11) is 0. The van der Waals surface area contributed by atoms with Gasteiger partial charge in [-0.25, -0.2) is 9.37 Å². The number of pyridine rings is 1. The summed E-state index contributed by atoms with van der Waals surface area (Å²) < 4.78 is 19.8. The standard InChI is InChI=1S/C24H28ClFN4O2/c1-23(14-32-13-20(23)26)30-6-4-29(5-7-30)19-9-15-10-21(27-12-16(15)8-18(19)25)28-22(31)17-11-24(17)2-3-24/h8-10,12,17,20H,2-7,11,13-14H2,1H3,(H,27,28,31)/t17-,20+,23-/m0/s1. The fourth-order valence-electron chi connectivity index (χ4n) is 5.50. The van der Waals surface area contributed by atoms with E-state index in [1.54, 1.807) is 6.20 Å². The zero-order valence-corrected chi connectivity index (χ0v) is 19.0. The summed E-state index contributed by atoms with van der Waals surface area (Å²) in [5.74, 6) is 0.842. The Morgan fingerprint density at radius 1 is 1.22 bits per heavy atom. The van der Waals surface area contributed by atoms with Crippen LogP contribution in [0.4, 0.5) is 15.9 Å². The Hall–Kier alpha value is -1.96. The smallest absolute Gasteiger partial charge is 0.229 e. The van der Waals surface area contributed by atoms with Crippen molar-refractivity contribution in [2.45, 2.75) is 37.9 Å². The van der Waals surface area contributed by atoms with Crippen LogP contribution in [0.2, 0.25) is 5.02 Å². The molecule has 2 saturated heterocycles. The lowest BCUT2D eigenvalue weighted by atomic mass is 9.96. The molecule has 1 amide bonds. The van der Waals surface area contributed by atoms with Gasteiger partial charge in [-0.05, 0) is 55.2 Å². The van der Waals surface area contributed by atoms with Crippen LogP contribution in [0.25, 0.3) is 10.8 Å². The maximum atomic E-state index is 14.4. The zero-order valence-electron chi connectivity index (χ0n) is 18.2. The van der Waals surface area contributed by atoms with Gasteiger partial charge in [0.05, 0.1) is 29.5 Å². The number of amides is 1. The Morgan fingerprint density at radius 3 is 2.66 bits per heavy atom. The number of aromatic nitrogens is 1. The highest BCUT2D eigenvalue weighted by atomic mass is 35.5. The molecule has 3 atom stereocenters. The number of halogens is 2. The molecule has 2 aromatic rings. The number of rotatable bonds is 4.